The van der Waals surface area contributed by atoms with Crippen LogP contribution in [0.5, 0.6) is 0 Å². The summed E-state index contributed by atoms with van der Waals surface area (Å²) in [6.07, 6.45) is 1.98. The van der Waals surface area contributed by atoms with E-state index in [2.05, 4.69) is 10.3 Å². The fourth-order valence-electron chi connectivity index (χ4n) is 3.00. The van der Waals surface area contributed by atoms with Gasteiger partial charge in [-0.15, -0.1) is 0 Å². The van der Waals surface area contributed by atoms with Gasteiger partial charge in [0.05, 0.1) is 29.3 Å². The average Bonchev–Trinajstić information content (AvgIpc) is 3.07. The standard InChI is InChI=1S/C19H25N3O3S/c1-19(2,3)21-16(23)12-26-18-20-15-9-5-4-8-14(15)17(24)22(18)11-13-7-6-10-25-13/h4-5,8-9,13H,6-7,10-12H2,1-3H3,(H,21,23). The molecule has 2 heterocycles. The lowest BCUT2D eigenvalue weighted by molar-refractivity contribution is -0.119. The van der Waals surface area contributed by atoms with Crippen LogP contribution in [-0.4, -0.2) is 39.5 Å². The first-order valence-corrected chi connectivity index (χ1v) is 9.87. The van der Waals surface area contributed by atoms with Gasteiger partial charge in [0.2, 0.25) is 5.91 Å². The van der Waals surface area contributed by atoms with Crippen LogP contribution in [-0.2, 0) is 16.1 Å². The minimum absolute atomic E-state index is 0.0263. The van der Waals surface area contributed by atoms with Crippen molar-refractivity contribution in [3.8, 4) is 0 Å². The van der Waals surface area contributed by atoms with Gasteiger partial charge in [0.1, 0.15) is 0 Å². The molecule has 0 bridgehead atoms. The van der Waals surface area contributed by atoms with Gasteiger partial charge in [-0.25, -0.2) is 4.98 Å². The first-order valence-electron chi connectivity index (χ1n) is 8.88. The summed E-state index contributed by atoms with van der Waals surface area (Å²) < 4.78 is 7.35. The lowest BCUT2D eigenvalue weighted by Gasteiger charge is -2.21. The second kappa shape index (κ2) is 7.80. The number of carbonyl (C=O) groups is 1. The predicted molar refractivity (Wildman–Crippen MR) is 104 cm³/mol. The van der Waals surface area contributed by atoms with Crippen LogP contribution >= 0.6 is 11.8 Å². The van der Waals surface area contributed by atoms with Gasteiger partial charge in [0, 0.05) is 12.1 Å². The number of hydrogen-bond donors (Lipinski definition) is 1. The van der Waals surface area contributed by atoms with E-state index in [1.54, 1.807) is 10.6 Å². The second-order valence-electron chi connectivity index (χ2n) is 7.55. The highest BCUT2D eigenvalue weighted by atomic mass is 32.2. The number of benzene rings is 1. The number of carbonyl (C=O) groups excluding carboxylic acids is 1. The molecule has 2 aromatic rings. The molecule has 1 fully saturated rings. The van der Waals surface area contributed by atoms with E-state index in [9.17, 15) is 9.59 Å². The van der Waals surface area contributed by atoms with E-state index in [0.29, 0.717) is 22.6 Å². The molecular formula is C19H25N3O3S. The monoisotopic (exact) mass is 375 g/mol. The van der Waals surface area contributed by atoms with Gasteiger partial charge in [-0.3, -0.25) is 14.2 Å². The number of nitrogens with one attached hydrogen (secondary N) is 1. The van der Waals surface area contributed by atoms with Crippen LogP contribution in [0.4, 0.5) is 0 Å². The summed E-state index contributed by atoms with van der Waals surface area (Å²) in [4.78, 5) is 29.8. The molecular weight excluding hydrogens is 350 g/mol. The maximum atomic E-state index is 13.0. The Kier molecular flexibility index (Phi) is 5.67. The fraction of sp³-hybridized carbons (Fsp3) is 0.526. The van der Waals surface area contributed by atoms with Crippen molar-refractivity contribution in [1.29, 1.82) is 0 Å². The summed E-state index contributed by atoms with van der Waals surface area (Å²) in [5.74, 6) is 0.140. The van der Waals surface area contributed by atoms with Crippen LogP contribution in [0, 0.1) is 0 Å². The zero-order chi connectivity index (χ0) is 18.7. The highest BCUT2D eigenvalue weighted by Crippen LogP contribution is 2.21. The molecule has 0 spiro atoms. The first-order chi connectivity index (χ1) is 12.3. The van der Waals surface area contributed by atoms with Gasteiger partial charge in [-0.1, -0.05) is 23.9 Å². The molecule has 0 saturated carbocycles. The Hall–Kier alpha value is -1.86. The lowest BCUT2D eigenvalue weighted by Crippen LogP contribution is -2.41. The second-order valence-corrected chi connectivity index (χ2v) is 8.49. The Balaban J connectivity index is 1.88. The summed E-state index contributed by atoms with van der Waals surface area (Å²) in [5, 5.41) is 4.09. The maximum Gasteiger partial charge on any atom is 0.262 e. The average molecular weight is 375 g/mol. The molecule has 6 nitrogen and oxygen atoms in total. The van der Waals surface area contributed by atoms with Crippen molar-refractivity contribution in [1.82, 2.24) is 14.9 Å². The molecule has 0 aliphatic carbocycles. The molecule has 1 N–H and O–H groups in total. The molecule has 1 atom stereocenters. The van der Waals surface area contributed by atoms with E-state index in [0.717, 1.165) is 19.4 Å². The molecule has 140 valence electrons. The molecule has 1 amide bonds. The number of para-hydroxylation sites is 1. The highest BCUT2D eigenvalue weighted by molar-refractivity contribution is 7.99. The van der Waals surface area contributed by atoms with E-state index in [-0.39, 0.29) is 28.9 Å². The van der Waals surface area contributed by atoms with Crippen LogP contribution in [0.25, 0.3) is 10.9 Å². The number of fused-ring (bicyclic) bond motifs is 1. The van der Waals surface area contributed by atoms with Crippen molar-refractivity contribution in [3.05, 3.63) is 34.6 Å². The molecule has 1 aromatic carbocycles. The summed E-state index contributed by atoms with van der Waals surface area (Å²) >= 11 is 1.29. The molecule has 26 heavy (non-hydrogen) atoms. The van der Waals surface area contributed by atoms with E-state index >= 15 is 0 Å². The van der Waals surface area contributed by atoms with Gasteiger partial charge in [-0.2, -0.15) is 0 Å². The predicted octanol–water partition coefficient (Wildman–Crippen LogP) is 2.58. The number of rotatable bonds is 5. The first kappa shape index (κ1) is 18.9. The molecule has 7 heteroatoms. The molecule has 1 unspecified atom stereocenters. The Bertz CT molecular complexity index is 851. The van der Waals surface area contributed by atoms with Gasteiger partial charge in [0.15, 0.2) is 5.16 Å². The van der Waals surface area contributed by atoms with E-state index in [1.165, 1.54) is 11.8 Å². The topological polar surface area (TPSA) is 73.2 Å². The van der Waals surface area contributed by atoms with Gasteiger partial charge in [-0.05, 0) is 45.7 Å². The van der Waals surface area contributed by atoms with Crippen LogP contribution < -0.4 is 10.9 Å². The maximum absolute atomic E-state index is 13.0. The van der Waals surface area contributed by atoms with E-state index in [4.69, 9.17) is 4.74 Å². The molecule has 0 radical (unpaired) electrons. The number of hydrogen-bond acceptors (Lipinski definition) is 5. The number of nitrogens with zero attached hydrogens (tertiary/aromatic N) is 2. The zero-order valence-corrected chi connectivity index (χ0v) is 16.3. The van der Waals surface area contributed by atoms with E-state index < -0.39 is 0 Å². The third kappa shape index (κ3) is 4.65. The van der Waals surface area contributed by atoms with Gasteiger partial charge in [0.25, 0.3) is 5.56 Å². The zero-order valence-electron chi connectivity index (χ0n) is 15.4. The van der Waals surface area contributed by atoms with Crippen LogP contribution in [0.2, 0.25) is 0 Å². The Labute approximate surface area is 157 Å². The summed E-state index contributed by atoms with van der Waals surface area (Å²) in [6.45, 7) is 7.03. The van der Waals surface area contributed by atoms with Crippen molar-refractivity contribution in [2.75, 3.05) is 12.4 Å². The van der Waals surface area contributed by atoms with Crippen molar-refractivity contribution < 1.29 is 9.53 Å². The van der Waals surface area contributed by atoms with Gasteiger partial charge < -0.3 is 10.1 Å². The summed E-state index contributed by atoms with van der Waals surface area (Å²) in [7, 11) is 0. The van der Waals surface area contributed by atoms with Crippen molar-refractivity contribution >= 4 is 28.6 Å². The number of thioether (sulfide) groups is 1. The Morgan fingerprint density at radius 2 is 2.15 bits per heavy atom. The molecule has 1 aliphatic heterocycles. The normalized spacial score (nSPS) is 17.6. The minimum Gasteiger partial charge on any atom is -0.376 e. The molecule has 1 saturated heterocycles. The fourth-order valence-corrected chi connectivity index (χ4v) is 3.80. The van der Waals surface area contributed by atoms with Crippen LogP contribution in [0.1, 0.15) is 33.6 Å². The molecule has 3 rings (SSSR count). The quantitative estimate of drug-likeness (QED) is 0.642. The highest BCUT2D eigenvalue weighted by Gasteiger charge is 2.21. The largest absolute Gasteiger partial charge is 0.376 e. The van der Waals surface area contributed by atoms with E-state index in [1.807, 2.05) is 39.0 Å². The number of ether oxygens (including phenoxy) is 1. The summed E-state index contributed by atoms with van der Waals surface area (Å²) in [5.41, 5.74) is 0.288. The number of amides is 1. The smallest absolute Gasteiger partial charge is 0.262 e. The number of aromatic nitrogens is 2. The minimum atomic E-state index is -0.286. The summed E-state index contributed by atoms with van der Waals surface area (Å²) in [6, 6.07) is 7.31. The Morgan fingerprint density at radius 1 is 1.38 bits per heavy atom. The van der Waals surface area contributed by atoms with Crippen LogP contribution in [0.15, 0.2) is 34.2 Å². The van der Waals surface area contributed by atoms with Crippen molar-refractivity contribution in [2.24, 2.45) is 0 Å². The third-order valence-corrected chi connectivity index (χ3v) is 5.06. The molecule has 1 aliphatic rings. The van der Waals surface area contributed by atoms with Gasteiger partial charge >= 0.3 is 0 Å². The van der Waals surface area contributed by atoms with Crippen molar-refractivity contribution in [2.45, 2.75) is 57.0 Å². The third-order valence-electron chi connectivity index (χ3n) is 4.08. The Morgan fingerprint density at radius 3 is 2.85 bits per heavy atom. The van der Waals surface area contributed by atoms with Crippen molar-refractivity contribution in [3.63, 3.8) is 0 Å². The molecule has 1 aromatic heterocycles. The lowest BCUT2D eigenvalue weighted by atomic mass is 10.1. The SMILES string of the molecule is CC(C)(C)NC(=O)CSc1nc2ccccc2c(=O)n1CC1CCCO1. The van der Waals surface area contributed by atoms with Crippen LogP contribution in [0.3, 0.4) is 0 Å².